The molecule has 0 spiro atoms. The third-order valence-electron chi connectivity index (χ3n) is 5.10. The minimum Gasteiger partial charge on any atom is -0.325 e. The van der Waals surface area contributed by atoms with Gasteiger partial charge in [0.05, 0.1) is 12.6 Å². The average molecular weight is 383 g/mol. The van der Waals surface area contributed by atoms with Gasteiger partial charge in [0.15, 0.2) is 0 Å². The summed E-state index contributed by atoms with van der Waals surface area (Å²) in [5, 5.41) is 7.39. The van der Waals surface area contributed by atoms with Crippen molar-refractivity contribution in [2.75, 3.05) is 18.4 Å². The van der Waals surface area contributed by atoms with Gasteiger partial charge in [0.2, 0.25) is 5.91 Å². The predicted molar refractivity (Wildman–Crippen MR) is 110 cm³/mol. The Kier molecular flexibility index (Phi) is 4.94. The van der Waals surface area contributed by atoms with Gasteiger partial charge in [0.25, 0.3) is 0 Å². The normalized spacial score (nSPS) is 17.1. The highest BCUT2D eigenvalue weighted by Gasteiger charge is 2.31. The van der Waals surface area contributed by atoms with Crippen LogP contribution in [0.1, 0.15) is 32.5 Å². The maximum atomic E-state index is 12.8. The molecule has 0 radical (unpaired) electrons. The predicted octanol–water partition coefficient (Wildman–Crippen LogP) is 5.01. The van der Waals surface area contributed by atoms with Crippen LogP contribution in [-0.2, 0) is 11.2 Å². The number of nitrogens with one attached hydrogen (secondary N) is 1. The first-order chi connectivity index (χ1) is 12.6. The maximum Gasteiger partial charge on any atom is 0.238 e. The first-order valence-electron chi connectivity index (χ1n) is 8.83. The fourth-order valence-corrected chi connectivity index (χ4v) is 5.36. The van der Waals surface area contributed by atoms with E-state index >= 15 is 0 Å². The van der Waals surface area contributed by atoms with Gasteiger partial charge in [-0.25, -0.2) is 0 Å². The molecule has 0 saturated carbocycles. The van der Waals surface area contributed by atoms with E-state index < -0.39 is 0 Å². The van der Waals surface area contributed by atoms with Gasteiger partial charge < -0.3 is 5.32 Å². The van der Waals surface area contributed by atoms with Crippen LogP contribution < -0.4 is 5.32 Å². The molecule has 1 aliphatic rings. The topological polar surface area (TPSA) is 32.3 Å². The summed E-state index contributed by atoms with van der Waals surface area (Å²) >= 11 is 3.60. The SMILES string of the molecule is Cc1cccc(NC(=O)CN2CCc3sccc3[C@H]2c2cccs2)c1C. The molecule has 26 heavy (non-hydrogen) atoms. The van der Waals surface area contributed by atoms with Crippen LogP contribution in [0.15, 0.2) is 47.2 Å². The van der Waals surface area contributed by atoms with Gasteiger partial charge >= 0.3 is 0 Å². The Balaban J connectivity index is 1.55. The highest BCUT2D eigenvalue weighted by Crippen LogP contribution is 2.39. The molecule has 5 heteroatoms. The molecular formula is C21H22N2OS2. The Labute approximate surface area is 162 Å². The summed E-state index contributed by atoms with van der Waals surface area (Å²) in [4.78, 5) is 17.8. The van der Waals surface area contributed by atoms with Gasteiger partial charge in [-0.15, -0.1) is 22.7 Å². The molecule has 2 aromatic heterocycles. The molecule has 1 N–H and O–H groups in total. The van der Waals surface area contributed by atoms with Gasteiger partial charge in [-0.1, -0.05) is 18.2 Å². The Morgan fingerprint density at radius 2 is 2.04 bits per heavy atom. The van der Waals surface area contributed by atoms with Gasteiger partial charge in [0.1, 0.15) is 0 Å². The smallest absolute Gasteiger partial charge is 0.238 e. The number of aryl methyl sites for hydroxylation is 1. The highest BCUT2D eigenvalue weighted by atomic mass is 32.1. The average Bonchev–Trinajstić information content (AvgIpc) is 3.30. The summed E-state index contributed by atoms with van der Waals surface area (Å²) < 4.78 is 0. The number of hydrogen-bond acceptors (Lipinski definition) is 4. The number of amides is 1. The number of fused-ring (bicyclic) bond motifs is 1. The van der Waals surface area contributed by atoms with E-state index in [4.69, 9.17) is 0 Å². The van der Waals surface area contributed by atoms with E-state index in [1.54, 1.807) is 11.3 Å². The molecule has 1 amide bonds. The Bertz CT molecular complexity index is 914. The summed E-state index contributed by atoms with van der Waals surface area (Å²) in [5.74, 6) is 0.0546. The van der Waals surface area contributed by atoms with Crippen molar-refractivity contribution in [3.63, 3.8) is 0 Å². The molecule has 0 saturated heterocycles. The first kappa shape index (κ1) is 17.5. The number of carbonyl (C=O) groups is 1. The number of rotatable bonds is 4. The van der Waals surface area contributed by atoms with Crippen LogP contribution in [0.25, 0.3) is 0 Å². The minimum absolute atomic E-state index is 0.0546. The van der Waals surface area contributed by atoms with E-state index in [9.17, 15) is 4.79 Å². The van der Waals surface area contributed by atoms with E-state index in [0.29, 0.717) is 6.54 Å². The van der Waals surface area contributed by atoms with Crippen molar-refractivity contribution in [1.29, 1.82) is 0 Å². The molecule has 3 nitrogen and oxygen atoms in total. The monoisotopic (exact) mass is 382 g/mol. The van der Waals surface area contributed by atoms with Crippen LogP contribution in [0.5, 0.6) is 0 Å². The zero-order valence-electron chi connectivity index (χ0n) is 15.0. The van der Waals surface area contributed by atoms with Crippen molar-refractivity contribution < 1.29 is 4.79 Å². The van der Waals surface area contributed by atoms with Gasteiger partial charge in [-0.2, -0.15) is 0 Å². The maximum absolute atomic E-state index is 12.8. The largest absolute Gasteiger partial charge is 0.325 e. The zero-order chi connectivity index (χ0) is 18.1. The standard InChI is InChI=1S/C21H22N2OS2/c1-14-5-3-6-17(15(14)2)22-20(24)13-23-10-8-18-16(9-12-26-18)21(23)19-7-4-11-25-19/h3-7,9,11-12,21H,8,10,13H2,1-2H3,(H,22,24)/t21-/m0/s1. The number of benzene rings is 1. The van der Waals surface area contributed by atoms with E-state index in [-0.39, 0.29) is 11.9 Å². The van der Waals surface area contributed by atoms with E-state index in [1.807, 2.05) is 23.5 Å². The summed E-state index contributed by atoms with van der Waals surface area (Å²) in [6.07, 6.45) is 1.02. The minimum atomic E-state index is 0.0546. The molecule has 0 unspecified atom stereocenters. The summed E-state index contributed by atoms with van der Waals surface area (Å²) in [6.45, 7) is 5.44. The number of hydrogen-bond donors (Lipinski definition) is 1. The van der Waals surface area contributed by atoms with Crippen LogP contribution in [-0.4, -0.2) is 23.9 Å². The molecular weight excluding hydrogens is 360 g/mol. The van der Waals surface area contributed by atoms with Crippen LogP contribution in [0.2, 0.25) is 0 Å². The number of anilines is 1. The van der Waals surface area contributed by atoms with E-state index in [1.165, 1.54) is 20.9 Å². The lowest BCUT2D eigenvalue weighted by atomic mass is 9.98. The molecule has 3 heterocycles. The molecule has 1 atom stereocenters. The summed E-state index contributed by atoms with van der Waals surface area (Å²) in [7, 11) is 0. The molecule has 1 aliphatic heterocycles. The van der Waals surface area contributed by atoms with Gasteiger partial charge in [0, 0.05) is 22.0 Å². The van der Waals surface area contributed by atoms with E-state index in [2.05, 4.69) is 59.1 Å². The zero-order valence-corrected chi connectivity index (χ0v) is 16.6. The second-order valence-electron chi connectivity index (χ2n) is 6.73. The van der Waals surface area contributed by atoms with E-state index in [0.717, 1.165) is 24.2 Å². The molecule has 134 valence electrons. The number of nitrogens with zero attached hydrogens (tertiary/aromatic N) is 1. The number of thiophene rings is 2. The van der Waals surface area contributed by atoms with Crippen molar-refractivity contribution in [2.45, 2.75) is 26.3 Å². The third kappa shape index (κ3) is 3.34. The summed E-state index contributed by atoms with van der Waals surface area (Å²) in [6, 6.07) is 12.7. The Morgan fingerprint density at radius 1 is 1.15 bits per heavy atom. The molecule has 3 aromatic rings. The lowest BCUT2D eigenvalue weighted by Gasteiger charge is -2.34. The lowest BCUT2D eigenvalue weighted by Crippen LogP contribution is -2.40. The fraction of sp³-hybridized carbons (Fsp3) is 0.286. The second-order valence-corrected chi connectivity index (χ2v) is 8.71. The quantitative estimate of drug-likeness (QED) is 0.688. The van der Waals surface area contributed by atoms with Crippen LogP contribution in [0.4, 0.5) is 5.69 Å². The van der Waals surface area contributed by atoms with Crippen molar-refractivity contribution in [1.82, 2.24) is 4.90 Å². The molecule has 1 aromatic carbocycles. The molecule has 0 bridgehead atoms. The van der Waals surface area contributed by atoms with Crippen molar-refractivity contribution in [3.8, 4) is 0 Å². The molecule has 0 fully saturated rings. The highest BCUT2D eigenvalue weighted by molar-refractivity contribution is 7.10. The van der Waals surface area contributed by atoms with Crippen LogP contribution in [0.3, 0.4) is 0 Å². The van der Waals surface area contributed by atoms with Crippen LogP contribution >= 0.6 is 22.7 Å². The van der Waals surface area contributed by atoms with Crippen molar-refractivity contribution in [2.24, 2.45) is 0 Å². The lowest BCUT2D eigenvalue weighted by molar-refractivity contribution is -0.117. The van der Waals surface area contributed by atoms with Crippen LogP contribution in [0, 0.1) is 13.8 Å². The Hall–Kier alpha value is -1.95. The Morgan fingerprint density at radius 3 is 2.85 bits per heavy atom. The second kappa shape index (κ2) is 7.35. The van der Waals surface area contributed by atoms with Gasteiger partial charge in [-0.05, 0) is 65.9 Å². The van der Waals surface area contributed by atoms with Gasteiger partial charge in [-0.3, -0.25) is 9.69 Å². The van der Waals surface area contributed by atoms with Crippen molar-refractivity contribution in [3.05, 3.63) is 73.6 Å². The first-order valence-corrected chi connectivity index (χ1v) is 10.6. The van der Waals surface area contributed by atoms with Crippen molar-refractivity contribution >= 4 is 34.3 Å². The molecule has 0 aliphatic carbocycles. The molecule has 4 rings (SSSR count). The third-order valence-corrected chi connectivity index (χ3v) is 7.03. The summed E-state index contributed by atoms with van der Waals surface area (Å²) in [5.41, 5.74) is 4.61. The number of carbonyl (C=O) groups excluding carboxylic acids is 1. The fourth-order valence-electron chi connectivity index (χ4n) is 3.58.